The Kier molecular flexibility index (Phi) is 47.3. The van der Waals surface area contributed by atoms with Gasteiger partial charge in [-0.1, -0.05) is 215 Å². The van der Waals surface area contributed by atoms with Gasteiger partial charge in [-0.05, 0) is 64.2 Å². The number of unbranched alkanes of at least 4 members (excludes halogenated alkanes) is 22. The summed E-state index contributed by atoms with van der Waals surface area (Å²) in [5.41, 5.74) is 5.38. The molecule has 354 valence electrons. The number of phosphoric acid groups is 1. The lowest BCUT2D eigenvalue weighted by molar-refractivity contribution is -0.154. The van der Waals surface area contributed by atoms with Crippen molar-refractivity contribution in [2.45, 2.75) is 219 Å². The second kappa shape index (κ2) is 49.0. The number of esters is 1. The van der Waals surface area contributed by atoms with Crippen molar-refractivity contribution in [3.63, 3.8) is 0 Å². The van der Waals surface area contributed by atoms with E-state index in [1.807, 2.05) is 0 Å². The van der Waals surface area contributed by atoms with Gasteiger partial charge in [0.05, 0.1) is 19.8 Å². The molecule has 0 saturated carbocycles. The molecule has 0 aromatic heterocycles. The maximum atomic E-state index is 12.6. The minimum atomic E-state index is -4.29. The molecule has 0 aliphatic rings. The Labute approximate surface area is 376 Å². The highest BCUT2D eigenvalue weighted by Gasteiger charge is 2.25. The summed E-state index contributed by atoms with van der Waals surface area (Å²) in [6.45, 7) is 4.74. The van der Waals surface area contributed by atoms with Gasteiger partial charge in [-0.15, -0.1) is 0 Å². The second-order valence-corrected chi connectivity index (χ2v) is 17.8. The van der Waals surface area contributed by atoms with Gasteiger partial charge in [0.25, 0.3) is 0 Å². The van der Waals surface area contributed by atoms with E-state index in [1.165, 1.54) is 109 Å². The van der Waals surface area contributed by atoms with Crippen molar-refractivity contribution in [1.29, 1.82) is 0 Å². The van der Waals surface area contributed by atoms with Gasteiger partial charge in [0.1, 0.15) is 6.10 Å². The molecule has 0 bridgehead atoms. The van der Waals surface area contributed by atoms with Crippen LogP contribution in [0.4, 0.5) is 0 Å². The van der Waals surface area contributed by atoms with Crippen molar-refractivity contribution in [3.05, 3.63) is 72.9 Å². The first-order valence-corrected chi connectivity index (χ1v) is 26.4. The third-order valence-electron chi connectivity index (χ3n) is 10.4. The van der Waals surface area contributed by atoms with Crippen LogP contribution in [0.25, 0.3) is 0 Å². The average molecular weight is 876 g/mol. The average Bonchev–Trinajstić information content (AvgIpc) is 3.25. The molecule has 0 saturated heterocycles. The quantitative estimate of drug-likeness (QED) is 0.0269. The van der Waals surface area contributed by atoms with E-state index in [1.54, 1.807) is 0 Å². The van der Waals surface area contributed by atoms with E-state index < -0.39 is 13.9 Å². The van der Waals surface area contributed by atoms with Crippen LogP contribution in [0.5, 0.6) is 0 Å². The van der Waals surface area contributed by atoms with Crippen LogP contribution >= 0.6 is 7.82 Å². The van der Waals surface area contributed by atoms with E-state index in [-0.39, 0.29) is 32.3 Å². The standard InChI is InChI=1S/C52H94NO7P/c1-3-5-7-9-11-13-15-17-19-21-23-25-26-28-30-32-34-36-38-40-42-44-47-57-49-51(50-59-61(55,56)58-48-46-53)60-52(54)45-43-41-39-37-35-33-31-29-27-24-22-20-18-16-14-12-10-8-6-4-2/h5,7,11,13,17,19,23,25,28,30,34,36,51H,3-4,6,8-10,12,14-16,18,20-22,24,26-27,29,31-33,35,37-50,53H2,1-2H3,(H,55,56)/b7-5-,13-11-,19-17-,25-23-,30-28-,36-34-. The number of carbonyl (C=O) groups is 1. The molecule has 0 radical (unpaired) electrons. The van der Waals surface area contributed by atoms with Crippen LogP contribution in [0.3, 0.4) is 0 Å². The van der Waals surface area contributed by atoms with Crippen LogP contribution in [0.1, 0.15) is 213 Å². The van der Waals surface area contributed by atoms with Gasteiger partial charge in [-0.3, -0.25) is 13.8 Å². The fraction of sp³-hybridized carbons (Fsp3) is 0.750. The molecule has 2 unspecified atom stereocenters. The van der Waals surface area contributed by atoms with Gasteiger partial charge in [-0.25, -0.2) is 4.57 Å². The molecular weight excluding hydrogens is 782 g/mol. The molecule has 0 aromatic rings. The van der Waals surface area contributed by atoms with Gasteiger partial charge in [0, 0.05) is 19.6 Å². The first kappa shape index (κ1) is 58.9. The predicted molar refractivity (Wildman–Crippen MR) is 261 cm³/mol. The Morgan fingerprint density at radius 1 is 0.508 bits per heavy atom. The normalized spacial score (nSPS) is 14.0. The summed E-state index contributed by atoms with van der Waals surface area (Å²) in [5, 5.41) is 0. The fourth-order valence-corrected chi connectivity index (χ4v) is 7.53. The summed E-state index contributed by atoms with van der Waals surface area (Å²) in [5.74, 6) is -0.341. The topological polar surface area (TPSA) is 117 Å². The highest BCUT2D eigenvalue weighted by molar-refractivity contribution is 7.47. The molecule has 0 heterocycles. The largest absolute Gasteiger partial charge is 0.472 e. The molecule has 0 rings (SSSR count). The molecule has 0 aliphatic heterocycles. The van der Waals surface area contributed by atoms with E-state index in [4.69, 9.17) is 24.3 Å². The number of hydrogen-bond donors (Lipinski definition) is 2. The highest BCUT2D eigenvalue weighted by Crippen LogP contribution is 2.43. The van der Waals surface area contributed by atoms with E-state index >= 15 is 0 Å². The molecule has 0 aromatic carbocycles. The van der Waals surface area contributed by atoms with Crippen molar-refractivity contribution in [1.82, 2.24) is 0 Å². The molecule has 0 spiro atoms. The van der Waals surface area contributed by atoms with Gasteiger partial charge in [-0.2, -0.15) is 0 Å². The molecule has 0 fully saturated rings. The van der Waals surface area contributed by atoms with Crippen molar-refractivity contribution in [3.8, 4) is 0 Å². The lowest BCUT2D eigenvalue weighted by Gasteiger charge is -2.20. The van der Waals surface area contributed by atoms with Crippen LogP contribution in [0.15, 0.2) is 72.9 Å². The first-order chi connectivity index (χ1) is 29.9. The van der Waals surface area contributed by atoms with Crippen LogP contribution in [-0.4, -0.2) is 49.9 Å². The lowest BCUT2D eigenvalue weighted by atomic mass is 10.0. The van der Waals surface area contributed by atoms with E-state index in [2.05, 4.69) is 86.8 Å². The van der Waals surface area contributed by atoms with Gasteiger partial charge in [0.2, 0.25) is 0 Å². The predicted octanol–water partition coefficient (Wildman–Crippen LogP) is 15.5. The summed E-state index contributed by atoms with van der Waals surface area (Å²) in [7, 11) is -4.29. The van der Waals surface area contributed by atoms with Crippen LogP contribution in [0, 0.1) is 0 Å². The SMILES string of the molecule is CC/C=C\C/C=C\C/C=C\C/C=C\C/C=C\C/C=C\CCCCCOCC(COP(=O)(O)OCCN)OC(=O)CCCCCCCCCCCCCCCCCCCCCC. The Morgan fingerprint density at radius 3 is 1.36 bits per heavy atom. The Morgan fingerprint density at radius 2 is 0.918 bits per heavy atom. The van der Waals surface area contributed by atoms with E-state index in [0.29, 0.717) is 13.0 Å². The smallest absolute Gasteiger partial charge is 0.457 e. The molecular formula is C52H94NO7P. The molecule has 8 nitrogen and oxygen atoms in total. The summed E-state index contributed by atoms with van der Waals surface area (Å²) < 4.78 is 33.5. The zero-order chi connectivity index (χ0) is 44.4. The van der Waals surface area contributed by atoms with Crippen LogP contribution < -0.4 is 5.73 Å². The Hall–Kier alpha value is -2.06. The van der Waals surface area contributed by atoms with Crippen molar-refractivity contribution in [2.75, 3.05) is 33.0 Å². The maximum Gasteiger partial charge on any atom is 0.472 e. The van der Waals surface area contributed by atoms with Gasteiger partial charge >= 0.3 is 13.8 Å². The summed E-state index contributed by atoms with van der Waals surface area (Å²) in [6.07, 6.45) is 62.2. The number of nitrogens with two attached hydrogens (primary N) is 1. The molecule has 0 amide bonds. The Bertz CT molecular complexity index is 1160. The van der Waals surface area contributed by atoms with Crippen LogP contribution in [-0.2, 0) is 27.9 Å². The number of allylic oxidation sites excluding steroid dienone is 12. The number of ether oxygens (including phenoxy) is 2. The third-order valence-corrected chi connectivity index (χ3v) is 11.4. The molecule has 3 N–H and O–H groups in total. The molecule has 2 atom stereocenters. The summed E-state index contributed by atoms with van der Waals surface area (Å²) >= 11 is 0. The zero-order valence-electron chi connectivity index (χ0n) is 39.4. The van der Waals surface area contributed by atoms with E-state index in [0.717, 1.165) is 83.5 Å². The summed E-state index contributed by atoms with van der Waals surface area (Å²) in [6, 6.07) is 0. The monoisotopic (exact) mass is 876 g/mol. The molecule has 0 aliphatic carbocycles. The molecule has 9 heteroatoms. The number of rotatable bonds is 47. The minimum absolute atomic E-state index is 0.0923. The van der Waals surface area contributed by atoms with Gasteiger partial charge < -0.3 is 20.1 Å². The Balaban J connectivity index is 4.04. The van der Waals surface area contributed by atoms with Crippen LogP contribution in [0.2, 0.25) is 0 Å². The van der Waals surface area contributed by atoms with Crippen molar-refractivity contribution in [2.24, 2.45) is 5.73 Å². The minimum Gasteiger partial charge on any atom is -0.457 e. The number of phosphoric ester groups is 1. The number of carbonyl (C=O) groups excluding carboxylic acids is 1. The lowest BCUT2D eigenvalue weighted by Crippen LogP contribution is -2.28. The zero-order valence-corrected chi connectivity index (χ0v) is 40.3. The van der Waals surface area contributed by atoms with E-state index in [9.17, 15) is 14.3 Å². The fourth-order valence-electron chi connectivity index (χ4n) is 6.77. The van der Waals surface area contributed by atoms with Crippen molar-refractivity contribution < 1.29 is 32.8 Å². The van der Waals surface area contributed by atoms with Crippen molar-refractivity contribution >= 4 is 13.8 Å². The maximum absolute atomic E-state index is 12.6. The second-order valence-electron chi connectivity index (χ2n) is 16.3. The highest BCUT2D eigenvalue weighted by atomic mass is 31.2. The van der Waals surface area contributed by atoms with Gasteiger partial charge in [0.15, 0.2) is 0 Å². The third kappa shape index (κ3) is 48.8. The number of hydrogen-bond acceptors (Lipinski definition) is 7. The summed E-state index contributed by atoms with van der Waals surface area (Å²) in [4.78, 5) is 22.6. The molecule has 61 heavy (non-hydrogen) atoms. The first-order valence-electron chi connectivity index (χ1n) is 24.9.